The molecule has 0 heterocycles. The third-order valence-corrected chi connectivity index (χ3v) is 6.58. The second-order valence-corrected chi connectivity index (χ2v) is 8.65. The normalized spacial score (nSPS) is 29.1. The number of hydrogen-bond donors (Lipinski definition) is 3. The highest BCUT2D eigenvalue weighted by molar-refractivity contribution is 5.81. The molecule has 1 saturated carbocycles. The summed E-state index contributed by atoms with van der Waals surface area (Å²) in [7, 11) is 0. The summed E-state index contributed by atoms with van der Waals surface area (Å²) in [6, 6.07) is 15.9. The molecule has 4 rings (SSSR count). The van der Waals surface area contributed by atoms with E-state index in [1.54, 1.807) is 30.4 Å². The SMILES string of the molecule is O=C(Cc1ccccc1F)NC1([C@@]2(O)CC[C@H](C(=O)O)C2)C=CC(c2ccccc2)C=C1. The van der Waals surface area contributed by atoms with E-state index in [1.807, 2.05) is 42.5 Å². The first-order chi connectivity index (χ1) is 15.3. The number of hydrogen-bond acceptors (Lipinski definition) is 3. The maximum absolute atomic E-state index is 14.1. The van der Waals surface area contributed by atoms with E-state index in [9.17, 15) is 24.2 Å². The summed E-state index contributed by atoms with van der Waals surface area (Å²) in [5, 5.41) is 23.9. The van der Waals surface area contributed by atoms with Gasteiger partial charge in [0.05, 0.1) is 17.9 Å². The van der Waals surface area contributed by atoms with Crippen molar-refractivity contribution in [3.63, 3.8) is 0 Å². The van der Waals surface area contributed by atoms with E-state index in [4.69, 9.17) is 0 Å². The minimum Gasteiger partial charge on any atom is -0.481 e. The van der Waals surface area contributed by atoms with Crippen LogP contribution in [0.2, 0.25) is 0 Å². The van der Waals surface area contributed by atoms with Gasteiger partial charge in [0.15, 0.2) is 0 Å². The van der Waals surface area contributed by atoms with Crippen LogP contribution in [0, 0.1) is 11.7 Å². The van der Waals surface area contributed by atoms with Crippen LogP contribution >= 0.6 is 0 Å². The zero-order valence-electron chi connectivity index (χ0n) is 17.6. The molecule has 0 saturated heterocycles. The van der Waals surface area contributed by atoms with Crippen molar-refractivity contribution in [3.8, 4) is 0 Å². The number of benzene rings is 2. The Bertz CT molecular complexity index is 1050. The highest BCUT2D eigenvalue weighted by Crippen LogP contribution is 2.45. The van der Waals surface area contributed by atoms with Crippen LogP contribution in [-0.4, -0.2) is 33.2 Å². The molecule has 2 atom stereocenters. The Morgan fingerprint density at radius 3 is 2.31 bits per heavy atom. The van der Waals surface area contributed by atoms with E-state index in [2.05, 4.69) is 5.32 Å². The first-order valence-electron chi connectivity index (χ1n) is 10.8. The maximum atomic E-state index is 14.1. The molecule has 1 fully saturated rings. The number of nitrogens with one attached hydrogen (secondary N) is 1. The molecule has 0 aromatic heterocycles. The lowest BCUT2D eigenvalue weighted by Gasteiger charge is -2.44. The molecule has 2 aromatic carbocycles. The summed E-state index contributed by atoms with van der Waals surface area (Å²) >= 11 is 0. The van der Waals surface area contributed by atoms with Crippen molar-refractivity contribution in [2.75, 3.05) is 0 Å². The van der Waals surface area contributed by atoms with Crippen molar-refractivity contribution in [1.82, 2.24) is 5.32 Å². The highest BCUT2D eigenvalue weighted by Gasteiger charge is 2.54. The van der Waals surface area contributed by atoms with Gasteiger partial charge in [0, 0.05) is 5.92 Å². The predicted octanol–water partition coefficient (Wildman–Crippen LogP) is 3.75. The smallest absolute Gasteiger partial charge is 0.306 e. The quantitative estimate of drug-likeness (QED) is 0.603. The third kappa shape index (κ3) is 4.23. The Labute approximate surface area is 186 Å². The Morgan fingerprint density at radius 2 is 1.69 bits per heavy atom. The average Bonchev–Trinajstić information content (AvgIpc) is 3.21. The number of allylic oxidation sites excluding steroid dienone is 2. The number of carbonyl (C=O) groups is 2. The lowest BCUT2D eigenvalue weighted by atomic mass is 9.73. The van der Waals surface area contributed by atoms with E-state index >= 15 is 0 Å². The van der Waals surface area contributed by atoms with E-state index in [0.29, 0.717) is 6.42 Å². The van der Waals surface area contributed by atoms with Crippen LogP contribution in [0.5, 0.6) is 0 Å². The maximum Gasteiger partial charge on any atom is 0.306 e. The molecule has 3 N–H and O–H groups in total. The molecular weight excluding hydrogens is 409 g/mol. The van der Waals surface area contributed by atoms with Crippen LogP contribution in [0.25, 0.3) is 0 Å². The summed E-state index contributed by atoms with van der Waals surface area (Å²) < 4.78 is 14.1. The fourth-order valence-corrected chi connectivity index (χ4v) is 4.74. The number of rotatable bonds is 6. The van der Waals surface area contributed by atoms with Crippen molar-refractivity contribution in [1.29, 1.82) is 0 Å². The average molecular weight is 435 g/mol. The van der Waals surface area contributed by atoms with E-state index in [0.717, 1.165) is 5.56 Å². The first kappa shape index (κ1) is 22.0. The van der Waals surface area contributed by atoms with Crippen LogP contribution in [-0.2, 0) is 16.0 Å². The molecule has 0 unspecified atom stereocenters. The second kappa shape index (κ2) is 8.71. The predicted molar refractivity (Wildman–Crippen MR) is 118 cm³/mol. The number of aliphatic hydroxyl groups is 1. The zero-order valence-corrected chi connectivity index (χ0v) is 17.6. The van der Waals surface area contributed by atoms with Gasteiger partial charge < -0.3 is 15.5 Å². The van der Waals surface area contributed by atoms with Gasteiger partial charge in [-0.25, -0.2) is 4.39 Å². The molecule has 1 amide bonds. The lowest BCUT2D eigenvalue weighted by Crippen LogP contribution is -2.62. The molecule has 2 aliphatic carbocycles. The molecule has 5 nitrogen and oxygen atoms in total. The van der Waals surface area contributed by atoms with Gasteiger partial charge in [-0.2, -0.15) is 0 Å². The Balaban J connectivity index is 1.62. The van der Waals surface area contributed by atoms with Gasteiger partial charge in [-0.05, 0) is 36.5 Å². The van der Waals surface area contributed by atoms with Crippen LogP contribution in [0.15, 0.2) is 78.9 Å². The fourth-order valence-electron chi connectivity index (χ4n) is 4.74. The van der Waals surface area contributed by atoms with Crippen molar-refractivity contribution in [2.45, 2.75) is 42.7 Å². The molecule has 0 bridgehead atoms. The lowest BCUT2D eigenvalue weighted by molar-refractivity contribution is -0.142. The van der Waals surface area contributed by atoms with E-state index < -0.39 is 34.8 Å². The Hall–Kier alpha value is -3.25. The number of halogens is 1. The monoisotopic (exact) mass is 435 g/mol. The minimum atomic E-state index is -1.46. The molecule has 2 aromatic rings. The van der Waals surface area contributed by atoms with Crippen LogP contribution in [0.1, 0.15) is 36.3 Å². The summed E-state index contributed by atoms with van der Waals surface area (Å²) in [5.74, 6) is -2.60. The highest BCUT2D eigenvalue weighted by atomic mass is 19.1. The van der Waals surface area contributed by atoms with Crippen LogP contribution in [0.3, 0.4) is 0 Å². The van der Waals surface area contributed by atoms with E-state index in [1.165, 1.54) is 6.07 Å². The zero-order chi connectivity index (χ0) is 22.8. The van der Waals surface area contributed by atoms with Crippen molar-refractivity contribution in [3.05, 3.63) is 95.8 Å². The Morgan fingerprint density at radius 1 is 1.03 bits per heavy atom. The molecule has 0 aliphatic heterocycles. The number of aliphatic carboxylic acids is 1. The topological polar surface area (TPSA) is 86.6 Å². The standard InChI is InChI=1S/C26H26FNO4/c27-22-9-5-4-8-20(22)16-23(29)28-25(26(32)15-12-21(17-26)24(30)31)13-10-19(11-14-25)18-6-2-1-3-7-18/h1-11,13-14,19,21,32H,12,15-17H2,(H,28,29)(H,30,31)/t19?,21-,25?,26+/m0/s1. The van der Waals surface area contributed by atoms with Gasteiger partial charge >= 0.3 is 5.97 Å². The number of carboxylic acid groups (broad SMARTS) is 1. The Kier molecular flexibility index (Phi) is 5.98. The van der Waals surface area contributed by atoms with Crippen LogP contribution in [0.4, 0.5) is 4.39 Å². The van der Waals surface area contributed by atoms with Crippen molar-refractivity contribution < 1.29 is 24.2 Å². The summed E-state index contributed by atoms with van der Waals surface area (Å²) in [4.78, 5) is 24.5. The summed E-state index contributed by atoms with van der Waals surface area (Å²) in [6.07, 6.45) is 7.72. The first-order valence-corrected chi connectivity index (χ1v) is 10.8. The van der Waals surface area contributed by atoms with Gasteiger partial charge in [0.1, 0.15) is 11.4 Å². The van der Waals surface area contributed by atoms with E-state index in [-0.39, 0.29) is 30.7 Å². The van der Waals surface area contributed by atoms with Crippen molar-refractivity contribution in [2.24, 2.45) is 5.92 Å². The molecule has 32 heavy (non-hydrogen) atoms. The second-order valence-electron chi connectivity index (χ2n) is 8.65. The molecule has 6 heteroatoms. The van der Waals surface area contributed by atoms with Gasteiger partial charge in [0.2, 0.25) is 5.91 Å². The summed E-state index contributed by atoms with van der Waals surface area (Å²) in [5.41, 5.74) is -1.42. The minimum absolute atomic E-state index is 0.0208. The number of carbonyl (C=O) groups excluding carboxylic acids is 1. The molecule has 2 aliphatic rings. The third-order valence-electron chi connectivity index (χ3n) is 6.58. The van der Waals surface area contributed by atoms with Gasteiger partial charge in [-0.15, -0.1) is 0 Å². The molecule has 166 valence electrons. The number of amides is 1. The summed E-state index contributed by atoms with van der Waals surface area (Å²) in [6.45, 7) is 0. The molecule has 0 radical (unpaired) electrons. The molecule has 0 spiro atoms. The van der Waals surface area contributed by atoms with Gasteiger partial charge in [0.25, 0.3) is 0 Å². The van der Waals surface area contributed by atoms with Gasteiger partial charge in [-0.3, -0.25) is 9.59 Å². The van der Waals surface area contributed by atoms with Crippen LogP contribution < -0.4 is 5.32 Å². The largest absolute Gasteiger partial charge is 0.481 e. The fraction of sp³-hybridized carbons (Fsp3) is 0.308. The van der Waals surface area contributed by atoms with Crippen molar-refractivity contribution >= 4 is 11.9 Å². The van der Waals surface area contributed by atoms with Gasteiger partial charge in [-0.1, -0.05) is 72.8 Å². The molecular formula is C26H26FNO4. The number of carboxylic acids is 1.